The van der Waals surface area contributed by atoms with Crippen LogP contribution in [0.2, 0.25) is 0 Å². The van der Waals surface area contributed by atoms with Crippen LogP contribution in [0.25, 0.3) is 0 Å². The number of hydrogen-bond acceptors (Lipinski definition) is 4. The molecule has 1 amide bonds. The number of rotatable bonds is 4. The van der Waals surface area contributed by atoms with Gasteiger partial charge in [-0.2, -0.15) is 11.3 Å². The zero-order valence-corrected chi connectivity index (χ0v) is 12.9. The van der Waals surface area contributed by atoms with Crippen molar-refractivity contribution in [3.8, 4) is 5.75 Å². The van der Waals surface area contributed by atoms with Gasteiger partial charge in [-0.25, -0.2) is 0 Å². The number of thiophene rings is 1. The van der Waals surface area contributed by atoms with Crippen molar-refractivity contribution in [2.45, 2.75) is 25.9 Å². The standard InChI is InChI=1S/C16H18N2O2S/c1-10(17-11(2)13-5-6-21-9-13)12-3-4-15-14(7-12)18-16(19)8-20-15/h3-7,9-11,17H,8H2,1-2H3,(H,18,19). The Labute approximate surface area is 128 Å². The highest BCUT2D eigenvalue weighted by molar-refractivity contribution is 7.07. The summed E-state index contributed by atoms with van der Waals surface area (Å²) < 4.78 is 5.38. The Hall–Kier alpha value is -1.85. The van der Waals surface area contributed by atoms with Crippen LogP contribution in [0.1, 0.15) is 37.1 Å². The van der Waals surface area contributed by atoms with E-state index in [2.05, 4.69) is 41.3 Å². The Morgan fingerprint density at radius 3 is 2.81 bits per heavy atom. The Morgan fingerprint density at radius 1 is 1.24 bits per heavy atom. The maximum Gasteiger partial charge on any atom is 0.262 e. The van der Waals surface area contributed by atoms with E-state index in [0.29, 0.717) is 0 Å². The van der Waals surface area contributed by atoms with Gasteiger partial charge in [0.1, 0.15) is 5.75 Å². The first-order valence-electron chi connectivity index (χ1n) is 6.98. The maximum atomic E-state index is 11.4. The number of benzene rings is 1. The zero-order valence-electron chi connectivity index (χ0n) is 12.1. The highest BCUT2D eigenvalue weighted by atomic mass is 32.1. The lowest BCUT2D eigenvalue weighted by atomic mass is 10.0. The molecule has 0 radical (unpaired) electrons. The first-order chi connectivity index (χ1) is 10.1. The fourth-order valence-corrected chi connectivity index (χ4v) is 3.21. The van der Waals surface area contributed by atoms with Gasteiger partial charge in [-0.1, -0.05) is 6.07 Å². The Bertz CT molecular complexity index is 640. The third kappa shape index (κ3) is 3.09. The van der Waals surface area contributed by atoms with Crippen molar-refractivity contribution in [1.29, 1.82) is 0 Å². The van der Waals surface area contributed by atoms with Gasteiger partial charge >= 0.3 is 0 Å². The summed E-state index contributed by atoms with van der Waals surface area (Å²) >= 11 is 1.71. The molecule has 0 fully saturated rings. The van der Waals surface area contributed by atoms with Crippen LogP contribution < -0.4 is 15.4 Å². The lowest BCUT2D eigenvalue weighted by Crippen LogP contribution is -2.26. The van der Waals surface area contributed by atoms with Gasteiger partial charge in [-0.05, 0) is 53.9 Å². The summed E-state index contributed by atoms with van der Waals surface area (Å²) in [6, 6.07) is 8.53. The minimum Gasteiger partial charge on any atom is -0.482 e. The monoisotopic (exact) mass is 302 g/mol. The second-order valence-electron chi connectivity index (χ2n) is 5.26. The number of carbonyl (C=O) groups excluding carboxylic acids is 1. The van der Waals surface area contributed by atoms with E-state index in [1.165, 1.54) is 5.56 Å². The molecule has 2 heterocycles. The molecule has 2 atom stereocenters. The predicted molar refractivity (Wildman–Crippen MR) is 84.9 cm³/mol. The molecule has 1 aromatic carbocycles. The van der Waals surface area contributed by atoms with E-state index in [1.807, 2.05) is 18.2 Å². The zero-order chi connectivity index (χ0) is 14.8. The molecule has 110 valence electrons. The predicted octanol–water partition coefficient (Wildman–Crippen LogP) is 3.49. The fourth-order valence-electron chi connectivity index (χ4n) is 2.46. The molecular weight excluding hydrogens is 284 g/mol. The second kappa shape index (κ2) is 5.87. The second-order valence-corrected chi connectivity index (χ2v) is 6.04. The summed E-state index contributed by atoms with van der Waals surface area (Å²) in [5.41, 5.74) is 3.17. The molecule has 2 aromatic rings. The van der Waals surface area contributed by atoms with E-state index in [-0.39, 0.29) is 24.6 Å². The molecule has 2 N–H and O–H groups in total. The van der Waals surface area contributed by atoms with Gasteiger partial charge in [0, 0.05) is 12.1 Å². The smallest absolute Gasteiger partial charge is 0.262 e. The quantitative estimate of drug-likeness (QED) is 0.909. The van der Waals surface area contributed by atoms with Gasteiger partial charge in [0.2, 0.25) is 0 Å². The molecule has 4 nitrogen and oxygen atoms in total. The molecule has 1 aliphatic heterocycles. The van der Waals surface area contributed by atoms with Crippen molar-refractivity contribution in [3.05, 3.63) is 46.2 Å². The van der Waals surface area contributed by atoms with E-state index in [1.54, 1.807) is 11.3 Å². The SMILES string of the molecule is CC(NC(C)c1ccc2c(c1)NC(=O)CO2)c1ccsc1. The van der Waals surface area contributed by atoms with Crippen molar-refractivity contribution in [2.75, 3.05) is 11.9 Å². The van der Waals surface area contributed by atoms with Crippen molar-refractivity contribution < 1.29 is 9.53 Å². The normalized spacial score (nSPS) is 16.6. The fraction of sp³-hybridized carbons (Fsp3) is 0.312. The van der Waals surface area contributed by atoms with E-state index < -0.39 is 0 Å². The lowest BCUT2D eigenvalue weighted by Gasteiger charge is -2.23. The molecule has 0 bridgehead atoms. The Morgan fingerprint density at radius 2 is 2.05 bits per heavy atom. The number of anilines is 1. The largest absolute Gasteiger partial charge is 0.482 e. The molecule has 21 heavy (non-hydrogen) atoms. The van der Waals surface area contributed by atoms with Crippen molar-refractivity contribution in [2.24, 2.45) is 0 Å². The Balaban J connectivity index is 1.74. The Kier molecular flexibility index (Phi) is 3.94. The number of fused-ring (bicyclic) bond motifs is 1. The topological polar surface area (TPSA) is 50.4 Å². The highest BCUT2D eigenvalue weighted by Crippen LogP contribution is 2.31. The number of ether oxygens (including phenoxy) is 1. The van der Waals surface area contributed by atoms with E-state index >= 15 is 0 Å². The molecule has 1 aliphatic rings. The van der Waals surface area contributed by atoms with Gasteiger partial charge in [0.25, 0.3) is 5.91 Å². The number of hydrogen-bond donors (Lipinski definition) is 2. The number of amides is 1. The first-order valence-corrected chi connectivity index (χ1v) is 7.92. The minimum absolute atomic E-state index is 0.0926. The van der Waals surface area contributed by atoms with Crippen molar-refractivity contribution in [3.63, 3.8) is 0 Å². The molecule has 1 aromatic heterocycles. The van der Waals surface area contributed by atoms with Gasteiger partial charge in [-0.3, -0.25) is 4.79 Å². The van der Waals surface area contributed by atoms with Crippen LogP contribution in [-0.2, 0) is 4.79 Å². The molecule has 5 heteroatoms. The first kappa shape index (κ1) is 14.1. The summed E-state index contributed by atoms with van der Waals surface area (Å²) in [5.74, 6) is 0.628. The number of carbonyl (C=O) groups is 1. The summed E-state index contributed by atoms with van der Waals surface area (Å²) in [6.45, 7) is 4.37. The lowest BCUT2D eigenvalue weighted by molar-refractivity contribution is -0.118. The van der Waals surface area contributed by atoms with Crippen molar-refractivity contribution in [1.82, 2.24) is 5.32 Å². The van der Waals surface area contributed by atoms with Crippen LogP contribution in [0.5, 0.6) is 5.75 Å². The van der Waals surface area contributed by atoms with Crippen LogP contribution >= 0.6 is 11.3 Å². The minimum atomic E-state index is -0.105. The van der Waals surface area contributed by atoms with E-state index in [9.17, 15) is 4.79 Å². The van der Waals surface area contributed by atoms with E-state index in [0.717, 1.165) is 17.0 Å². The van der Waals surface area contributed by atoms with Crippen LogP contribution in [0.3, 0.4) is 0 Å². The van der Waals surface area contributed by atoms with Crippen LogP contribution in [0.4, 0.5) is 5.69 Å². The van der Waals surface area contributed by atoms with Crippen LogP contribution in [0, 0.1) is 0 Å². The highest BCUT2D eigenvalue weighted by Gasteiger charge is 2.18. The third-order valence-electron chi connectivity index (χ3n) is 3.68. The summed E-state index contributed by atoms with van der Waals surface area (Å²) in [6.07, 6.45) is 0. The van der Waals surface area contributed by atoms with Gasteiger partial charge in [-0.15, -0.1) is 0 Å². The van der Waals surface area contributed by atoms with E-state index in [4.69, 9.17) is 4.74 Å². The molecule has 0 spiro atoms. The molecule has 0 saturated carbocycles. The molecule has 2 unspecified atom stereocenters. The van der Waals surface area contributed by atoms with Crippen LogP contribution in [0.15, 0.2) is 35.0 Å². The maximum absolute atomic E-state index is 11.4. The van der Waals surface area contributed by atoms with Gasteiger partial charge in [0.05, 0.1) is 5.69 Å². The molecule has 3 rings (SSSR count). The average Bonchev–Trinajstić information content (AvgIpc) is 3.00. The summed E-state index contributed by atoms with van der Waals surface area (Å²) in [5, 5.41) is 10.7. The molecule has 0 saturated heterocycles. The van der Waals surface area contributed by atoms with Gasteiger partial charge in [0.15, 0.2) is 6.61 Å². The average molecular weight is 302 g/mol. The molecular formula is C16H18N2O2S. The summed E-state index contributed by atoms with van der Waals surface area (Å²) in [4.78, 5) is 11.4. The van der Waals surface area contributed by atoms with Crippen LogP contribution in [-0.4, -0.2) is 12.5 Å². The van der Waals surface area contributed by atoms with Crippen molar-refractivity contribution >= 4 is 22.9 Å². The van der Waals surface area contributed by atoms with Gasteiger partial charge < -0.3 is 15.4 Å². The third-order valence-corrected chi connectivity index (χ3v) is 4.38. The molecule has 0 aliphatic carbocycles. The number of nitrogens with one attached hydrogen (secondary N) is 2. The summed E-state index contributed by atoms with van der Waals surface area (Å²) in [7, 11) is 0.